The number of rotatable bonds is 4. The van der Waals surface area contributed by atoms with E-state index < -0.39 is 6.36 Å². The molecule has 0 spiro atoms. The molecular formula is C13H12F3N3O. The Kier molecular flexibility index (Phi) is 4.07. The van der Waals surface area contributed by atoms with Crippen molar-refractivity contribution in [3.05, 3.63) is 36.5 Å². The van der Waals surface area contributed by atoms with Crippen molar-refractivity contribution in [3.63, 3.8) is 0 Å². The Morgan fingerprint density at radius 3 is 2.65 bits per heavy atom. The van der Waals surface area contributed by atoms with Crippen LogP contribution < -0.4 is 10.1 Å². The molecule has 0 radical (unpaired) electrons. The molecule has 20 heavy (non-hydrogen) atoms. The van der Waals surface area contributed by atoms with Crippen LogP contribution >= 0.6 is 0 Å². The molecule has 2 rings (SSSR count). The summed E-state index contributed by atoms with van der Waals surface area (Å²) in [5.74, 6) is 0.0629. The molecule has 0 saturated heterocycles. The molecule has 1 heterocycles. The van der Waals surface area contributed by atoms with Gasteiger partial charge in [-0.1, -0.05) is 12.1 Å². The zero-order chi connectivity index (χ0) is 14.6. The van der Waals surface area contributed by atoms with Gasteiger partial charge in [0.15, 0.2) is 0 Å². The van der Waals surface area contributed by atoms with E-state index in [9.17, 15) is 13.2 Å². The Balaban J connectivity index is 2.39. The third-order valence-corrected chi connectivity index (χ3v) is 2.38. The highest BCUT2D eigenvalue weighted by Crippen LogP contribution is 2.32. The fourth-order valence-corrected chi connectivity index (χ4v) is 1.64. The molecule has 106 valence electrons. The minimum atomic E-state index is -4.74. The molecule has 0 bridgehead atoms. The summed E-state index contributed by atoms with van der Waals surface area (Å²) < 4.78 is 41.1. The first-order valence-corrected chi connectivity index (χ1v) is 5.91. The number of para-hydroxylation sites is 1. The van der Waals surface area contributed by atoms with E-state index in [0.29, 0.717) is 18.2 Å². The van der Waals surface area contributed by atoms with Crippen molar-refractivity contribution in [3.8, 4) is 17.0 Å². The van der Waals surface area contributed by atoms with Crippen molar-refractivity contribution in [1.29, 1.82) is 0 Å². The van der Waals surface area contributed by atoms with Gasteiger partial charge in [-0.3, -0.25) is 0 Å². The van der Waals surface area contributed by atoms with Crippen molar-refractivity contribution in [2.45, 2.75) is 13.3 Å². The van der Waals surface area contributed by atoms with E-state index in [1.165, 1.54) is 30.5 Å². The smallest absolute Gasteiger partial charge is 0.405 e. The average Bonchev–Trinajstić information content (AvgIpc) is 2.38. The Labute approximate surface area is 113 Å². The van der Waals surface area contributed by atoms with Gasteiger partial charge < -0.3 is 10.1 Å². The quantitative estimate of drug-likeness (QED) is 0.933. The van der Waals surface area contributed by atoms with Crippen molar-refractivity contribution in [1.82, 2.24) is 9.97 Å². The lowest BCUT2D eigenvalue weighted by Crippen LogP contribution is -2.17. The number of nitrogens with one attached hydrogen (secondary N) is 1. The second kappa shape index (κ2) is 5.77. The number of aromatic nitrogens is 2. The molecule has 0 unspecified atom stereocenters. The Hall–Kier alpha value is -2.31. The molecular weight excluding hydrogens is 271 g/mol. The molecule has 0 aliphatic carbocycles. The zero-order valence-electron chi connectivity index (χ0n) is 10.6. The highest BCUT2D eigenvalue weighted by Gasteiger charge is 2.32. The SMILES string of the molecule is CCNc1nccc(-c2ccccc2OC(F)(F)F)n1. The summed E-state index contributed by atoms with van der Waals surface area (Å²) >= 11 is 0. The van der Waals surface area contributed by atoms with Gasteiger partial charge in [-0.25, -0.2) is 9.97 Å². The first-order chi connectivity index (χ1) is 9.49. The zero-order valence-corrected chi connectivity index (χ0v) is 10.6. The van der Waals surface area contributed by atoms with Crippen LogP contribution in [0.25, 0.3) is 11.3 Å². The van der Waals surface area contributed by atoms with Crippen LogP contribution in [0.5, 0.6) is 5.75 Å². The largest absolute Gasteiger partial charge is 0.573 e. The number of anilines is 1. The minimum Gasteiger partial charge on any atom is -0.405 e. The van der Waals surface area contributed by atoms with Gasteiger partial charge in [0.2, 0.25) is 5.95 Å². The van der Waals surface area contributed by atoms with Crippen molar-refractivity contribution in [2.75, 3.05) is 11.9 Å². The van der Waals surface area contributed by atoms with E-state index in [1.54, 1.807) is 6.07 Å². The second-order valence-corrected chi connectivity index (χ2v) is 3.84. The third kappa shape index (κ3) is 3.59. The monoisotopic (exact) mass is 283 g/mol. The minimum absolute atomic E-state index is 0.256. The Morgan fingerprint density at radius 1 is 1.20 bits per heavy atom. The van der Waals surface area contributed by atoms with E-state index >= 15 is 0 Å². The summed E-state index contributed by atoms with van der Waals surface area (Å²) in [6.07, 6.45) is -3.27. The molecule has 0 fully saturated rings. The molecule has 0 aliphatic heterocycles. The normalized spacial score (nSPS) is 11.2. The maximum absolute atomic E-state index is 12.4. The van der Waals surface area contributed by atoms with Crippen LogP contribution in [-0.4, -0.2) is 22.9 Å². The molecule has 1 N–H and O–H groups in total. The molecule has 2 aromatic rings. The number of hydrogen-bond acceptors (Lipinski definition) is 4. The van der Waals surface area contributed by atoms with Crippen molar-refractivity contribution in [2.24, 2.45) is 0 Å². The van der Waals surface area contributed by atoms with E-state index in [2.05, 4.69) is 20.0 Å². The molecule has 0 amide bonds. The Morgan fingerprint density at radius 2 is 1.95 bits per heavy atom. The number of benzene rings is 1. The van der Waals surface area contributed by atoms with Crippen LogP contribution in [0.4, 0.5) is 19.1 Å². The lowest BCUT2D eigenvalue weighted by atomic mass is 10.1. The molecule has 4 nitrogen and oxygen atoms in total. The van der Waals surface area contributed by atoms with Crippen LogP contribution in [0.2, 0.25) is 0 Å². The Bertz CT molecular complexity index is 587. The van der Waals surface area contributed by atoms with Gasteiger partial charge in [0.1, 0.15) is 5.75 Å². The van der Waals surface area contributed by atoms with Crippen LogP contribution in [0.3, 0.4) is 0 Å². The average molecular weight is 283 g/mol. The summed E-state index contributed by atoms with van der Waals surface area (Å²) in [5, 5.41) is 2.90. The van der Waals surface area contributed by atoms with Crippen LogP contribution in [0.1, 0.15) is 6.92 Å². The van der Waals surface area contributed by atoms with Gasteiger partial charge in [-0.05, 0) is 25.1 Å². The molecule has 1 aromatic heterocycles. The van der Waals surface area contributed by atoms with Crippen LogP contribution in [0.15, 0.2) is 36.5 Å². The number of ether oxygens (including phenoxy) is 1. The van der Waals surface area contributed by atoms with Crippen molar-refractivity contribution >= 4 is 5.95 Å². The number of alkyl halides is 3. The van der Waals surface area contributed by atoms with E-state index in [4.69, 9.17) is 0 Å². The predicted octanol–water partition coefficient (Wildman–Crippen LogP) is 3.47. The third-order valence-electron chi connectivity index (χ3n) is 2.38. The summed E-state index contributed by atoms with van der Waals surface area (Å²) in [7, 11) is 0. The molecule has 0 aliphatic rings. The second-order valence-electron chi connectivity index (χ2n) is 3.84. The predicted molar refractivity (Wildman–Crippen MR) is 68.3 cm³/mol. The van der Waals surface area contributed by atoms with E-state index in [0.717, 1.165) is 0 Å². The van der Waals surface area contributed by atoms with Gasteiger partial charge in [0.25, 0.3) is 0 Å². The molecule has 0 atom stereocenters. The summed E-state index contributed by atoms with van der Waals surface area (Å²) in [6.45, 7) is 2.49. The first kappa shape index (κ1) is 14.1. The van der Waals surface area contributed by atoms with Gasteiger partial charge >= 0.3 is 6.36 Å². The van der Waals surface area contributed by atoms with Gasteiger partial charge in [-0.2, -0.15) is 0 Å². The summed E-state index contributed by atoms with van der Waals surface area (Å²) in [6, 6.07) is 7.38. The van der Waals surface area contributed by atoms with E-state index in [1.807, 2.05) is 6.92 Å². The van der Waals surface area contributed by atoms with Gasteiger partial charge in [0, 0.05) is 18.3 Å². The first-order valence-electron chi connectivity index (χ1n) is 5.91. The maximum Gasteiger partial charge on any atom is 0.573 e. The topological polar surface area (TPSA) is 47.0 Å². The van der Waals surface area contributed by atoms with Crippen LogP contribution in [-0.2, 0) is 0 Å². The van der Waals surface area contributed by atoms with Gasteiger partial charge in [-0.15, -0.1) is 13.2 Å². The number of nitrogens with zero attached hydrogens (tertiary/aromatic N) is 2. The lowest BCUT2D eigenvalue weighted by molar-refractivity contribution is -0.274. The summed E-state index contributed by atoms with van der Waals surface area (Å²) in [4.78, 5) is 8.13. The fourth-order valence-electron chi connectivity index (χ4n) is 1.64. The fraction of sp³-hybridized carbons (Fsp3) is 0.231. The number of halogens is 3. The van der Waals surface area contributed by atoms with E-state index in [-0.39, 0.29) is 11.3 Å². The highest BCUT2D eigenvalue weighted by atomic mass is 19.4. The lowest BCUT2D eigenvalue weighted by Gasteiger charge is -2.13. The molecule has 7 heteroatoms. The molecule has 0 saturated carbocycles. The van der Waals surface area contributed by atoms with Crippen LogP contribution in [0, 0.1) is 0 Å². The highest BCUT2D eigenvalue weighted by molar-refractivity contribution is 5.67. The standard InChI is InChI=1S/C13H12F3N3O/c1-2-17-12-18-8-7-10(19-12)9-5-3-4-6-11(9)20-13(14,15)16/h3-8H,2H2,1H3,(H,17,18,19). The number of hydrogen-bond donors (Lipinski definition) is 1. The van der Waals surface area contributed by atoms with Gasteiger partial charge in [0.05, 0.1) is 5.69 Å². The summed E-state index contributed by atoms with van der Waals surface area (Å²) in [5.41, 5.74) is 0.613. The van der Waals surface area contributed by atoms with Crippen molar-refractivity contribution < 1.29 is 17.9 Å². The maximum atomic E-state index is 12.4. The molecule has 1 aromatic carbocycles.